The molecule has 100 valence electrons. The van der Waals surface area contributed by atoms with Crippen LogP contribution in [0.3, 0.4) is 0 Å². The maximum absolute atomic E-state index is 11.3. The van der Waals surface area contributed by atoms with E-state index in [9.17, 15) is 4.79 Å². The lowest BCUT2D eigenvalue weighted by atomic mass is 10.1. The van der Waals surface area contributed by atoms with Gasteiger partial charge in [-0.05, 0) is 26.4 Å². The van der Waals surface area contributed by atoms with Gasteiger partial charge in [-0.1, -0.05) is 32.6 Å². The highest BCUT2D eigenvalue weighted by Gasteiger charge is 2.22. The average Bonchev–Trinajstić information content (AvgIpc) is 2.56. The Morgan fingerprint density at radius 3 is 2.41 bits per heavy atom. The summed E-state index contributed by atoms with van der Waals surface area (Å²) < 4.78 is 0. The molecule has 1 saturated carbocycles. The van der Waals surface area contributed by atoms with Gasteiger partial charge in [0.25, 0.3) is 0 Å². The van der Waals surface area contributed by atoms with E-state index in [-0.39, 0.29) is 11.9 Å². The van der Waals surface area contributed by atoms with Crippen LogP contribution in [0.5, 0.6) is 0 Å². The second kappa shape index (κ2) is 7.67. The summed E-state index contributed by atoms with van der Waals surface area (Å²) in [6, 6.07) is 0.409. The number of amides is 1. The van der Waals surface area contributed by atoms with E-state index in [0.29, 0.717) is 6.04 Å². The van der Waals surface area contributed by atoms with Crippen molar-refractivity contribution < 1.29 is 4.79 Å². The smallest absolute Gasteiger partial charge is 0.235 e. The molecule has 0 radical (unpaired) electrons. The molecule has 0 heterocycles. The predicted molar refractivity (Wildman–Crippen MR) is 70.8 cm³/mol. The van der Waals surface area contributed by atoms with Crippen LogP contribution in [0.15, 0.2) is 0 Å². The highest BCUT2D eigenvalue weighted by molar-refractivity contribution is 5.80. The van der Waals surface area contributed by atoms with Crippen molar-refractivity contribution in [1.29, 1.82) is 0 Å². The van der Waals surface area contributed by atoms with Gasteiger partial charge in [0.15, 0.2) is 0 Å². The highest BCUT2D eigenvalue weighted by atomic mass is 16.1. The second-order valence-corrected chi connectivity index (χ2v) is 5.10. The van der Waals surface area contributed by atoms with Gasteiger partial charge in [-0.2, -0.15) is 0 Å². The number of hydrogen-bond acceptors (Lipinski definition) is 3. The average molecular weight is 241 g/mol. The number of rotatable bonds is 6. The Balaban J connectivity index is 2.43. The highest BCUT2D eigenvalue weighted by Crippen LogP contribution is 2.20. The largest absolute Gasteiger partial charge is 0.368 e. The van der Waals surface area contributed by atoms with Gasteiger partial charge in [0, 0.05) is 12.6 Å². The normalized spacial score (nSPS) is 20.2. The fourth-order valence-corrected chi connectivity index (χ4v) is 2.64. The van der Waals surface area contributed by atoms with E-state index in [4.69, 9.17) is 5.73 Å². The van der Waals surface area contributed by atoms with Gasteiger partial charge in [-0.15, -0.1) is 0 Å². The van der Waals surface area contributed by atoms with Crippen molar-refractivity contribution in [2.45, 2.75) is 57.5 Å². The third kappa shape index (κ3) is 5.04. The van der Waals surface area contributed by atoms with Crippen LogP contribution in [-0.4, -0.2) is 43.0 Å². The minimum atomic E-state index is -0.243. The molecule has 1 aliphatic rings. The van der Waals surface area contributed by atoms with Gasteiger partial charge in [0.1, 0.15) is 0 Å². The fraction of sp³-hybridized carbons (Fsp3) is 0.923. The Kier molecular flexibility index (Phi) is 6.52. The summed E-state index contributed by atoms with van der Waals surface area (Å²) >= 11 is 0. The zero-order valence-corrected chi connectivity index (χ0v) is 11.2. The lowest BCUT2D eigenvalue weighted by molar-refractivity contribution is -0.120. The zero-order chi connectivity index (χ0) is 12.7. The minimum absolute atomic E-state index is 0.215. The summed E-state index contributed by atoms with van der Waals surface area (Å²) in [5, 5.41) is 3.15. The van der Waals surface area contributed by atoms with Crippen LogP contribution < -0.4 is 11.1 Å². The van der Waals surface area contributed by atoms with E-state index >= 15 is 0 Å². The molecule has 1 atom stereocenters. The number of hydrogen-bond donors (Lipinski definition) is 2. The molecule has 0 bridgehead atoms. The molecule has 0 aliphatic heterocycles. The number of nitrogens with two attached hydrogens (primary N) is 1. The molecule has 1 unspecified atom stereocenters. The van der Waals surface area contributed by atoms with E-state index in [1.165, 1.54) is 38.5 Å². The van der Waals surface area contributed by atoms with Crippen molar-refractivity contribution in [2.75, 3.05) is 20.1 Å². The van der Waals surface area contributed by atoms with Crippen LogP contribution in [-0.2, 0) is 4.79 Å². The molecular weight excluding hydrogens is 214 g/mol. The second-order valence-electron chi connectivity index (χ2n) is 5.10. The molecule has 0 aromatic rings. The van der Waals surface area contributed by atoms with Gasteiger partial charge in [0.05, 0.1) is 6.04 Å². The number of nitrogens with one attached hydrogen (secondary N) is 1. The number of carbonyl (C=O) groups is 1. The van der Waals surface area contributed by atoms with Gasteiger partial charge >= 0.3 is 0 Å². The summed E-state index contributed by atoms with van der Waals surface area (Å²) in [6.07, 6.45) is 7.87. The van der Waals surface area contributed by atoms with E-state index in [1.807, 2.05) is 6.92 Å². The van der Waals surface area contributed by atoms with Crippen LogP contribution in [0.25, 0.3) is 0 Å². The third-order valence-corrected chi connectivity index (χ3v) is 3.71. The van der Waals surface area contributed by atoms with Gasteiger partial charge in [0.2, 0.25) is 5.91 Å². The number of nitrogens with zero attached hydrogens (tertiary/aromatic N) is 1. The first kappa shape index (κ1) is 14.5. The molecule has 0 saturated heterocycles. The van der Waals surface area contributed by atoms with Crippen molar-refractivity contribution in [3.8, 4) is 0 Å². The van der Waals surface area contributed by atoms with Crippen LogP contribution in [0.4, 0.5) is 0 Å². The maximum Gasteiger partial charge on any atom is 0.235 e. The first-order chi connectivity index (χ1) is 8.15. The van der Waals surface area contributed by atoms with E-state index in [0.717, 1.165) is 13.1 Å². The van der Waals surface area contributed by atoms with E-state index in [2.05, 4.69) is 17.3 Å². The summed E-state index contributed by atoms with van der Waals surface area (Å²) in [4.78, 5) is 13.6. The maximum atomic E-state index is 11.3. The topological polar surface area (TPSA) is 58.4 Å². The van der Waals surface area contributed by atoms with Gasteiger partial charge in [-0.25, -0.2) is 0 Å². The molecule has 1 amide bonds. The monoisotopic (exact) mass is 241 g/mol. The molecule has 1 aliphatic carbocycles. The third-order valence-electron chi connectivity index (χ3n) is 3.71. The van der Waals surface area contributed by atoms with Crippen molar-refractivity contribution in [3.63, 3.8) is 0 Å². The molecule has 0 aromatic heterocycles. The summed E-state index contributed by atoms with van der Waals surface area (Å²) in [5.74, 6) is -0.243. The van der Waals surface area contributed by atoms with Crippen molar-refractivity contribution in [2.24, 2.45) is 5.73 Å². The van der Waals surface area contributed by atoms with Crippen molar-refractivity contribution >= 4 is 5.91 Å². The van der Waals surface area contributed by atoms with Crippen LogP contribution in [0, 0.1) is 0 Å². The molecule has 0 spiro atoms. The molecule has 3 N–H and O–H groups in total. The first-order valence-electron chi connectivity index (χ1n) is 6.88. The number of carbonyl (C=O) groups excluding carboxylic acids is 1. The van der Waals surface area contributed by atoms with E-state index < -0.39 is 0 Å². The Labute approximate surface area is 105 Å². The molecule has 0 aromatic carbocycles. The van der Waals surface area contributed by atoms with Crippen LogP contribution in [0.2, 0.25) is 0 Å². The molecule has 1 fully saturated rings. The quantitative estimate of drug-likeness (QED) is 0.685. The van der Waals surface area contributed by atoms with E-state index in [1.54, 1.807) is 0 Å². The fourth-order valence-electron chi connectivity index (χ4n) is 2.64. The summed E-state index contributed by atoms with van der Waals surface area (Å²) in [6.45, 7) is 3.52. The minimum Gasteiger partial charge on any atom is -0.368 e. The Morgan fingerprint density at radius 2 is 1.94 bits per heavy atom. The van der Waals surface area contributed by atoms with Crippen molar-refractivity contribution in [1.82, 2.24) is 10.2 Å². The standard InChI is InChI=1S/C13H27N3O/c1-3-15-12(13(14)17)10-16(2)11-8-6-4-5-7-9-11/h11-12,15H,3-10H2,1-2H3,(H2,14,17). The molecule has 17 heavy (non-hydrogen) atoms. The Morgan fingerprint density at radius 1 is 1.35 bits per heavy atom. The zero-order valence-electron chi connectivity index (χ0n) is 11.2. The predicted octanol–water partition coefficient (Wildman–Crippen LogP) is 1.10. The number of primary amides is 1. The first-order valence-corrected chi connectivity index (χ1v) is 6.88. The lowest BCUT2D eigenvalue weighted by Gasteiger charge is -2.30. The molecule has 4 nitrogen and oxygen atoms in total. The molecule has 4 heteroatoms. The van der Waals surface area contributed by atoms with Crippen LogP contribution in [0.1, 0.15) is 45.4 Å². The van der Waals surface area contributed by atoms with Crippen molar-refractivity contribution in [3.05, 3.63) is 0 Å². The summed E-state index contributed by atoms with van der Waals surface area (Å²) in [5.41, 5.74) is 5.40. The van der Waals surface area contributed by atoms with Crippen LogP contribution >= 0.6 is 0 Å². The molecular formula is C13H27N3O. The Hall–Kier alpha value is -0.610. The molecule has 1 rings (SSSR count). The Bertz CT molecular complexity index is 225. The summed E-state index contributed by atoms with van der Waals surface area (Å²) in [7, 11) is 2.11. The van der Waals surface area contributed by atoms with Gasteiger partial charge in [-0.3, -0.25) is 4.79 Å². The SMILES string of the molecule is CCNC(CN(C)C1CCCCCC1)C(N)=O. The van der Waals surface area contributed by atoms with Gasteiger partial charge < -0.3 is 16.0 Å². The lowest BCUT2D eigenvalue weighted by Crippen LogP contribution is -2.50. The number of likely N-dealkylation sites (N-methyl/N-ethyl adjacent to an activating group) is 2.